The zero-order valence-electron chi connectivity index (χ0n) is 7.68. The van der Waals surface area contributed by atoms with Gasteiger partial charge < -0.3 is 0 Å². The normalized spacial score (nSPS) is 20.1. The van der Waals surface area contributed by atoms with Crippen LogP contribution in [0.5, 0.6) is 0 Å². The molecule has 0 N–H and O–H groups in total. The first-order chi connectivity index (χ1) is 5.43. The Labute approximate surface area is 70.7 Å². The molecule has 11 heavy (non-hydrogen) atoms. The van der Waals surface area contributed by atoms with E-state index in [1.165, 1.54) is 44.9 Å². The van der Waals surface area contributed by atoms with Crippen molar-refractivity contribution in [3.63, 3.8) is 0 Å². The van der Waals surface area contributed by atoms with Gasteiger partial charge in [-0.05, 0) is 31.6 Å². The van der Waals surface area contributed by atoms with Gasteiger partial charge in [0.2, 0.25) is 0 Å². The summed E-state index contributed by atoms with van der Waals surface area (Å²) < 4.78 is 0. The smallest absolute Gasteiger partial charge is 0.0348 e. The average molecular weight is 152 g/mol. The van der Waals surface area contributed by atoms with Gasteiger partial charge in [0.05, 0.1) is 0 Å². The van der Waals surface area contributed by atoms with Crippen molar-refractivity contribution in [1.82, 2.24) is 0 Å². The molecule has 0 atom stereocenters. The summed E-state index contributed by atoms with van der Waals surface area (Å²) in [6, 6.07) is 0. The molecular formula is C11H20. The van der Waals surface area contributed by atoms with Crippen molar-refractivity contribution >= 4 is 0 Å². The lowest BCUT2D eigenvalue weighted by Crippen LogP contribution is -1.97. The van der Waals surface area contributed by atoms with Gasteiger partial charge >= 0.3 is 0 Å². The molecule has 0 amide bonds. The number of unbranched alkanes of at least 4 members (excludes halogenated alkanes) is 1. The lowest BCUT2D eigenvalue weighted by molar-refractivity contribution is 0.419. The summed E-state index contributed by atoms with van der Waals surface area (Å²) in [4.78, 5) is 0. The second-order valence-electron chi connectivity index (χ2n) is 3.63. The van der Waals surface area contributed by atoms with Crippen molar-refractivity contribution in [3.05, 3.63) is 12.2 Å². The molecule has 0 aliphatic heterocycles. The summed E-state index contributed by atoms with van der Waals surface area (Å²) in [6.45, 7) is 2.29. The van der Waals surface area contributed by atoms with E-state index in [4.69, 9.17) is 0 Å². The molecule has 0 aromatic rings. The van der Waals surface area contributed by atoms with E-state index in [1.807, 2.05) is 0 Å². The Morgan fingerprint density at radius 1 is 1.18 bits per heavy atom. The van der Waals surface area contributed by atoms with Gasteiger partial charge in [0.25, 0.3) is 0 Å². The summed E-state index contributed by atoms with van der Waals surface area (Å²) in [5, 5.41) is 0. The number of hydrogen-bond acceptors (Lipinski definition) is 0. The summed E-state index contributed by atoms with van der Waals surface area (Å²) in [7, 11) is 0. The van der Waals surface area contributed by atoms with Crippen LogP contribution in [-0.4, -0.2) is 0 Å². The summed E-state index contributed by atoms with van der Waals surface area (Å²) in [6.07, 6.45) is 14.5. The van der Waals surface area contributed by atoms with Crippen molar-refractivity contribution < 1.29 is 0 Å². The molecule has 0 bridgehead atoms. The van der Waals surface area contributed by atoms with Crippen molar-refractivity contribution in [3.8, 4) is 0 Å². The molecular weight excluding hydrogens is 132 g/mol. The molecule has 0 spiro atoms. The lowest BCUT2D eigenvalue weighted by atomic mass is 9.94. The molecule has 1 aliphatic rings. The van der Waals surface area contributed by atoms with Gasteiger partial charge in [0.1, 0.15) is 0 Å². The highest BCUT2D eigenvalue weighted by molar-refractivity contribution is 4.86. The van der Waals surface area contributed by atoms with E-state index in [-0.39, 0.29) is 0 Å². The third-order valence-corrected chi connectivity index (χ3v) is 2.62. The van der Waals surface area contributed by atoms with Crippen LogP contribution in [0.15, 0.2) is 12.2 Å². The molecule has 0 aromatic heterocycles. The second kappa shape index (κ2) is 5.40. The molecule has 1 rings (SSSR count). The van der Waals surface area contributed by atoms with Crippen LogP contribution in [0.2, 0.25) is 0 Å². The standard InChI is InChI=1S/C11H20/c1-2-3-8-11-9-6-4-5-7-10-11/h4-5,11H,2-3,6-10H2,1H3. The first kappa shape index (κ1) is 8.83. The van der Waals surface area contributed by atoms with Gasteiger partial charge in [-0.15, -0.1) is 0 Å². The molecule has 0 heterocycles. The quantitative estimate of drug-likeness (QED) is 0.538. The Morgan fingerprint density at radius 3 is 2.36 bits per heavy atom. The van der Waals surface area contributed by atoms with Gasteiger partial charge in [-0.3, -0.25) is 0 Å². The van der Waals surface area contributed by atoms with Crippen LogP contribution in [0, 0.1) is 5.92 Å². The minimum absolute atomic E-state index is 1.03. The maximum Gasteiger partial charge on any atom is -0.0348 e. The molecule has 0 saturated carbocycles. The Hall–Kier alpha value is -0.260. The van der Waals surface area contributed by atoms with E-state index in [0.717, 1.165) is 5.92 Å². The predicted octanol–water partition coefficient (Wildman–Crippen LogP) is 3.92. The third-order valence-electron chi connectivity index (χ3n) is 2.62. The molecule has 1 aliphatic carbocycles. The Morgan fingerprint density at radius 2 is 1.82 bits per heavy atom. The minimum atomic E-state index is 1.03. The largest absolute Gasteiger partial charge is 0.0885 e. The van der Waals surface area contributed by atoms with E-state index < -0.39 is 0 Å². The fraction of sp³-hybridized carbons (Fsp3) is 0.818. The third kappa shape index (κ3) is 3.60. The molecule has 64 valence electrons. The van der Waals surface area contributed by atoms with Gasteiger partial charge in [-0.1, -0.05) is 38.3 Å². The fourth-order valence-electron chi connectivity index (χ4n) is 1.83. The van der Waals surface area contributed by atoms with Gasteiger partial charge in [-0.25, -0.2) is 0 Å². The van der Waals surface area contributed by atoms with Crippen molar-refractivity contribution in [2.24, 2.45) is 5.92 Å². The van der Waals surface area contributed by atoms with E-state index in [0.29, 0.717) is 0 Å². The Bertz CT molecular complexity index is 103. The van der Waals surface area contributed by atoms with E-state index in [1.54, 1.807) is 0 Å². The van der Waals surface area contributed by atoms with Gasteiger partial charge in [0, 0.05) is 0 Å². The first-order valence-corrected chi connectivity index (χ1v) is 5.08. The van der Waals surface area contributed by atoms with Crippen LogP contribution in [0.1, 0.15) is 51.9 Å². The maximum atomic E-state index is 2.35. The van der Waals surface area contributed by atoms with Crippen LogP contribution in [0.25, 0.3) is 0 Å². The highest BCUT2D eigenvalue weighted by Crippen LogP contribution is 2.23. The van der Waals surface area contributed by atoms with Gasteiger partial charge in [0.15, 0.2) is 0 Å². The SMILES string of the molecule is CCCCC1CCC=CCC1. The molecule has 0 aromatic carbocycles. The van der Waals surface area contributed by atoms with E-state index in [9.17, 15) is 0 Å². The van der Waals surface area contributed by atoms with Gasteiger partial charge in [-0.2, -0.15) is 0 Å². The fourth-order valence-corrected chi connectivity index (χ4v) is 1.83. The van der Waals surface area contributed by atoms with E-state index in [2.05, 4.69) is 19.1 Å². The first-order valence-electron chi connectivity index (χ1n) is 5.08. The molecule has 0 heteroatoms. The zero-order valence-corrected chi connectivity index (χ0v) is 7.68. The van der Waals surface area contributed by atoms with Crippen LogP contribution < -0.4 is 0 Å². The van der Waals surface area contributed by atoms with Crippen LogP contribution in [0.3, 0.4) is 0 Å². The number of hydrogen-bond donors (Lipinski definition) is 0. The predicted molar refractivity (Wildman–Crippen MR) is 50.6 cm³/mol. The lowest BCUT2D eigenvalue weighted by Gasteiger charge is -2.12. The molecule has 0 saturated heterocycles. The highest BCUT2D eigenvalue weighted by atomic mass is 14.1. The molecule has 0 nitrogen and oxygen atoms in total. The summed E-state index contributed by atoms with van der Waals surface area (Å²) in [5.41, 5.74) is 0. The maximum absolute atomic E-state index is 2.35. The highest BCUT2D eigenvalue weighted by Gasteiger charge is 2.07. The van der Waals surface area contributed by atoms with E-state index >= 15 is 0 Å². The zero-order chi connectivity index (χ0) is 7.94. The van der Waals surface area contributed by atoms with Crippen molar-refractivity contribution in [1.29, 1.82) is 0 Å². The number of allylic oxidation sites excluding steroid dienone is 2. The Kier molecular flexibility index (Phi) is 4.33. The van der Waals surface area contributed by atoms with Crippen LogP contribution in [0.4, 0.5) is 0 Å². The molecule has 0 radical (unpaired) electrons. The topological polar surface area (TPSA) is 0 Å². The monoisotopic (exact) mass is 152 g/mol. The minimum Gasteiger partial charge on any atom is -0.0885 e. The Balaban J connectivity index is 2.13. The second-order valence-corrected chi connectivity index (χ2v) is 3.63. The summed E-state index contributed by atoms with van der Waals surface area (Å²) in [5.74, 6) is 1.03. The summed E-state index contributed by atoms with van der Waals surface area (Å²) >= 11 is 0. The molecule has 0 fully saturated rings. The average Bonchev–Trinajstić information content (AvgIpc) is 2.28. The van der Waals surface area contributed by atoms with Crippen LogP contribution in [-0.2, 0) is 0 Å². The van der Waals surface area contributed by atoms with Crippen molar-refractivity contribution in [2.75, 3.05) is 0 Å². The van der Waals surface area contributed by atoms with Crippen molar-refractivity contribution in [2.45, 2.75) is 51.9 Å². The molecule has 0 unspecified atom stereocenters. The van der Waals surface area contributed by atoms with Crippen LogP contribution >= 0.6 is 0 Å². The number of rotatable bonds is 3.